The molecule has 1 unspecified atom stereocenters. The minimum atomic E-state index is -0.820. The van der Waals surface area contributed by atoms with Crippen LogP contribution in [0, 0.1) is 0 Å². The molecule has 2 aliphatic rings. The van der Waals surface area contributed by atoms with Crippen molar-refractivity contribution in [3.05, 3.63) is 0 Å². The summed E-state index contributed by atoms with van der Waals surface area (Å²) in [5, 5.41) is 8.56. The van der Waals surface area contributed by atoms with Gasteiger partial charge in [-0.15, -0.1) is 0 Å². The van der Waals surface area contributed by atoms with Crippen LogP contribution in [0.1, 0.15) is 38.5 Å². The summed E-state index contributed by atoms with van der Waals surface area (Å²) in [5.41, 5.74) is 0. The van der Waals surface area contributed by atoms with Gasteiger partial charge in [-0.05, 0) is 25.8 Å². The van der Waals surface area contributed by atoms with Gasteiger partial charge >= 0.3 is 5.97 Å². The number of hydrogen-bond donors (Lipinski definition) is 1. The second kappa shape index (κ2) is 6.18. The molecule has 102 valence electrons. The number of piperidine rings is 1. The van der Waals surface area contributed by atoms with Crippen LogP contribution < -0.4 is 0 Å². The highest BCUT2D eigenvalue weighted by atomic mass is 16.4. The Hall–Kier alpha value is -1.10. The minimum absolute atomic E-state index is 0.0924. The fourth-order valence-corrected chi connectivity index (χ4v) is 2.93. The van der Waals surface area contributed by atoms with E-state index in [1.807, 2.05) is 4.90 Å². The zero-order valence-corrected chi connectivity index (χ0v) is 10.8. The molecule has 5 nitrogen and oxygen atoms in total. The lowest BCUT2D eigenvalue weighted by atomic mass is 9.99. The van der Waals surface area contributed by atoms with Crippen LogP contribution in [0.25, 0.3) is 0 Å². The van der Waals surface area contributed by atoms with E-state index in [0.717, 1.165) is 19.6 Å². The number of hydrogen-bond acceptors (Lipinski definition) is 3. The van der Waals surface area contributed by atoms with Gasteiger partial charge in [-0.1, -0.05) is 6.42 Å². The zero-order valence-electron chi connectivity index (χ0n) is 10.8. The molecule has 2 rings (SSSR count). The Morgan fingerprint density at radius 2 is 1.94 bits per heavy atom. The maximum Gasteiger partial charge on any atom is 0.303 e. The van der Waals surface area contributed by atoms with E-state index in [0.29, 0.717) is 18.9 Å². The summed E-state index contributed by atoms with van der Waals surface area (Å²) in [6.07, 6.45) is 4.66. The first-order valence-electron chi connectivity index (χ1n) is 6.90. The fourth-order valence-electron chi connectivity index (χ4n) is 2.93. The van der Waals surface area contributed by atoms with Crippen LogP contribution in [0.15, 0.2) is 0 Å². The summed E-state index contributed by atoms with van der Waals surface area (Å²) >= 11 is 0. The summed E-state index contributed by atoms with van der Waals surface area (Å²) in [7, 11) is 0. The van der Waals surface area contributed by atoms with Crippen LogP contribution >= 0.6 is 0 Å². The summed E-state index contributed by atoms with van der Waals surface area (Å²) < 4.78 is 0. The van der Waals surface area contributed by atoms with Crippen LogP contribution in [0.4, 0.5) is 0 Å². The van der Waals surface area contributed by atoms with Gasteiger partial charge in [-0.2, -0.15) is 0 Å². The van der Waals surface area contributed by atoms with Crippen LogP contribution in [0.5, 0.6) is 0 Å². The molecular formula is C13H22N2O3. The van der Waals surface area contributed by atoms with E-state index in [9.17, 15) is 9.59 Å². The predicted octanol–water partition coefficient (Wildman–Crippen LogP) is 0.938. The normalized spacial score (nSPS) is 24.7. The van der Waals surface area contributed by atoms with Gasteiger partial charge in [0.15, 0.2) is 0 Å². The third-order valence-corrected chi connectivity index (χ3v) is 3.97. The maximum absolute atomic E-state index is 12.0. The maximum atomic E-state index is 12.0. The van der Waals surface area contributed by atoms with Crippen molar-refractivity contribution in [2.45, 2.75) is 44.6 Å². The smallest absolute Gasteiger partial charge is 0.303 e. The number of rotatable bonds is 4. The Kier molecular flexibility index (Phi) is 4.58. The van der Waals surface area contributed by atoms with Crippen LogP contribution in [-0.2, 0) is 9.59 Å². The Balaban J connectivity index is 1.75. The first-order chi connectivity index (χ1) is 8.66. The standard InChI is InChI=1S/C13H22N2O3/c16-12(5-3-6-13(17)18)15-9-8-14-7-2-1-4-11(14)10-15/h11H,1-10H2,(H,17,18). The first-order valence-corrected chi connectivity index (χ1v) is 6.90. The van der Waals surface area contributed by atoms with Gasteiger partial charge in [0, 0.05) is 38.5 Å². The molecule has 1 amide bonds. The van der Waals surface area contributed by atoms with E-state index >= 15 is 0 Å². The van der Waals surface area contributed by atoms with Crippen LogP contribution in [-0.4, -0.2) is 59.0 Å². The third kappa shape index (κ3) is 3.45. The lowest BCUT2D eigenvalue weighted by Gasteiger charge is -2.44. The third-order valence-electron chi connectivity index (χ3n) is 3.97. The van der Waals surface area contributed by atoms with Gasteiger partial charge in [0.25, 0.3) is 0 Å². The van der Waals surface area contributed by atoms with Gasteiger partial charge in [0.1, 0.15) is 0 Å². The van der Waals surface area contributed by atoms with Crippen LogP contribution in [0.2, 0.25) is 0 Å². The highest BCUT2D eigenvalue weighted by Gasteiger charge is 2.30. The van der Waals surface area contributed by atoms with E-state index in [-0.39, 0.29) is 12.3 Å². The van der Waals surface area contributed by atoms with Crippen molar-refractivity contribution in [2.24, 2.45) is 0 Å². The SMILES string of the molecule is O=C(O)CCCC(=O)N1CCN2CCCCC2C1. The summed E-state index contributed by atoms with van der Waals surface area (Å²) in [5.74, 6) is -0.693. The second-order valence-corrected chi connectivity index (χ2v) is 5.27. The monoisotopic (exact) mass is 254 g/mol. The van der Waals surface area contributed by atoms with E-state index in [2.05, 4.69) is 4.90 Å². The molecule has 0 aliphatic carbocycles. The van der Waals surface area contributed by atoms with Crippen molar-refractivity contribution in [3.63, 3.8) is 0 Å². The van der Waals surface area contributed by atoms with Gasteiger partial charge in [-0.25, -0.2) is 0 Å². The molecule has 2 aliphatic heterocycles. The molecule has 0 aromatic carbocycles. The molecule has 0 spiro atoms. The molecule has 2 saturated heterocycles. The van der Waals surface area contributed by atoms with E-state index < -0.39 is 5.97 Å². The second-order valence-electron chi connectivity index (χ2n) is 5.27. The number of carbonyl (C=O) groups is 2. The number of carbonyl (C=O) groups excluding carboxylic acids is 1. The Morgan fingerprint density at radius 3 is 2.72 bits per heavy atom. The number of carboxylic acids is 1. The molecule has 1 N–H and O–H groups in total. The zero-order chi connectivity index (χ0) is 13.0. The number of aliphatic carboxylic acids is 1. The van der Waals surface area contributed by atoms with E-state index in [1.165, 1.54) is 25.8 Å². The minimum Gasteiger partial charge on any atom is -0.481 e. The highest BCUT2D eigenvalue weighted by Crippen LogP contribution is 2.21. The Morgan fingerprint density at radius 1 is 1.11 bits per heavy atom. The van der Waals surface area contributed by atoms with Crippen molar-refractivity contribution in [2.75, 3.05) is 26.2 Å². The van der Waals surface area contributed by atoms with Crippen molar-refractivity contribution in [1.82, 2.24) is 9.80 Å². The number of carboxylic acid groups (broad SMARTS) is 1. The van der Waals surface area contributed by atoms with Gasteiger partial charge in [0.05, 0.1) is 0 Å². The van der Waals surface area contributed by atoms with Gasteiger partial charge < -0.3 is 10.0 Å². The van der Waals surface area contributed by atoms with Gasteiger partial charge in [-0.3, -0.25) is 14.5 Å². The molecule has 2 heterocycles. The number of amides is 1. The van der Waals surface area contributed by atoms with Crippen molar-refractivity contribution < 1.29 is 14.7 Å². The molecule has 0 aromatic rings. The number of fused-ring (bicyclic) bond motifs is 1. The average molecular weight is 254 g/mol. The summed E-state index contributed by atoms with van der Waals surface area (Å²) in [4.78, 5) is 26.8. The summed E-state index contributed by atoms with van der Waals surface area (Å²) in [6, 6.07) is 0.538. The lowest BCUT2D eigenvalue weighted by molar-refractivity contribution is -0.137. The molecular weight excluding hydrogens is 232 g/mol. The van der Waals surface area contributed by atoms with E-state index in [1.54, 1.807) is 0 Å². The molecule has 0 saturated carbocycles. The molecule has 0 radical (unpaired) electrons. The largest absolute Gasteiger partial charge is 0.481 e. The lowest BCUT2D eigenvalue weighted by Crippen LogP contribution is -2.56. The Bertz CT molecular complexity index is 319. The summed E-state index contributed by atoms with van der Waals surface area (Å²) in [6.45, 7) is 3.80. The topological polar surface area (TPSA) is 60.9 Å². The fraction of sp³-hybridized carbons (Fsp3) is 0.846. The number of nitrogens with zero attached hydrogens (tertiary/aromatic N) is 2. The average Bonchev–Trinajstić information content (AvgIpc) is 2.37. The quantitative estimate of drug-likeness (QED) is 0.811. The van der Waals surface area contributed by atoms with Crippen molar-refractivity contribution in [1.29, 1.82) is 0 Å². The van der Waals surface area contributed by atoms with E-state index in [4.69, 9.17) is 5.11 Å². The van der Waals surface area contributed by atoms with Crippen LogP contribution in [0.3, 0.4) is 0 Å². The molecule has 1 atom stereocenters. The first kappa shape index (κ1) is 13.3. The highest BCUT2D eigenvalue weighted by molar-refractivity contribution is 5.77. The molecule has 5 heteroatoms. The van der Waals surface area contributed by atoms with Gasteiger partial charge in [0.2, 0.25) is 5.91 Å². The molecule has 18 heavy (non-hydrogen) atoms. The van der Waals surface area contributed by atoms with Crippen molar-refractivity contribution >= 4 is 11.9 Å². The number of piperazine rings is 1. The predicted molar refractivity (Wildman–Crippen MR) is 67.3 cm³/mol. The molecule has 0 aromatic heterocycles. The van der Waals surface area contributed by atoms with Crippen molar-refractivity contribution in [3.8, 4) is 0 Å². The molecule has 0 bridgehead atoms. The molecule has 2 fully saturated rings. The Labute approximate surface area is 108 Å².